The molecule has 0 bridgehead atoms. The van der Waals surface area contributed by atoms with E-state index in [0.717, 1.165) is 16.8 Å². The SMILES string of the molecule is CC(C)Nc1ccc(C2=c3cc4c(cc3OC2=O)=C(c2ccccc2)C(=O)O4)cc1. The Morgan fingerprint density at radius 2 is 1.20 bits per heavy atom. The third-order valence-electron chi connectivity index (χ3n) is 5.13. The number of benzene rings is 3. The summed E-state index contributed by atoms with van der Waals surface area (Å²) in [7, 11) is 0. The van der Waals surface area contributed by atoms with Gasteiger partial charge in [0.25, 0.3) is 0 Å². The number of fused-ring (bicyclic) bond motifs is 2. The van der Waals surface area contributed by atoms with E-state index in [2.05, 4.69) is 19.2 Å². The van der Waals surface area contributed by atoms with Crippen molar-refractivity contribution >= 4 is 28.8 Å². The van der Waals surface area contributed by atoms with E-state index in [4.69, 9.17) is 9.47 Å². The van der Waals surface area contributed by atoms with Gasteiger partial charge in [-0.25, -0.2) is 9.59 Å². The second-order valence-electron chi connectivity index (χ2n) is 7.62. The van der Waals surface area contributed by atoms with E-state index in [0.29, 0.717) is 39.1 Å². The summed E-state index contributed by atoms with van der Waals surface area (Å²) in [6.45, 7) is 4.13. The average Bonchev–Trinajstić information content (AvgIpc) is 3.21. The minimum atomic E-state index is -0.411. The van der Waals surface area contributed by atoms with Crippen molar-refractivity contribution in [2.75, 3.05) is 5.32 Å². The number of rotatable bonds is 4. The molecular weight excluding hydrogens is 378 g/mol. The summed E-state index contributed by atoms with van der Waals surface area (Å²) in [6, 6.07) is 20.7. The summed E-state index contributed by atoms with van der Waals surface area (Å²) in [5, 5.41) is 4.59. The van der Waals surface area contributed by atoms with Crippen molar-refractivity contribution in [2.45, 2.75) is 19.9 Å². The van der Waals surface area contributed by atoms with Gasteiger partial charge in [0, 0.05) is 22.2 Å². The second-order valence-corrected chi connectivity index (χ2v) is 7.62. The first-order valence-corrected chi connectivity index (χ1v) is 9.80. The Morgan fingerprint density at radius 3 is 1.70 bits per heavy atom. The van der Waals surface area contributed by atoms with Crippen molar-refractivity contribution in [3.05, 3.63) is 88.3 Å². The Bertz CT molecular complexity index is 1310. The normalized spacial score (nSPS) is 14.5. The topological polar surface area (TPSA) is 64.6 Å². The Kier molecular flexibility index (Phi) is 4.17. The van der Waals surface area contributed by atoms with Gasteiger partial charge in [-0.15, -0.1) is 0 Å². The summed E-state index contributed by atoms with van der Waals surface area (Å²) in [6.07, 6.45) is 0. The molecule has 3 aromatic carbocycles. The fraction of sp³-hybridized carbons (Fsp3) is 0.120. The molecule has 0 atom stereocenters. The first-order valence-electron chi connectivity index (χ1n) is 9.80. The molecule has 0 saturated carbocycles. The third kappa shape index (κ3) is 2.95. The molecule has 0 unspecified atom stereocenters. The molecular formula is C25H19NO4. The number of anilines is 1. The molecule has 0 spiro atoms. The molecule has 2 heterocycles. The molecule has 5 rings (SSSR count). The van der Waals surface area contributed by atoms with Crippen LogP contribution in [-0.2, 0) is 9.59 Å². The van der Waals surface area contributed by atoms with Crippen molar-refractivity contribution in [1.82, 2.24) is 0 Å². The van der Waals surface area contributed by atoms with Gasteiger partial charge in [0.15, 0.2) is 0 Å². The summed E-state index contributed by atoms with van der Waals surface area (Å²) in [4.78, 5) is 25.2. The Balaban J connectivity index is 1.67. The predicted molar refractivity (Wildman–Crippen MR) is 114 cm³/mol. The molecule has 2 aliphatic rings. The molecule has 148 valence electrons. The standard InChI is InChI=1S/C25H19NO4/c1-14(2)26-17-10-8-16(9-11-17)23-19-13-20-18(12-21(19)30-25(23)28)22(24(27)29-20)15-6-4-3-5-7-15/h3-14,26H,1-2H3. The number of esters is 2. The fourth-order valence-electron chi connectivity index (χ4n) is 3.86. The quantitative estimate of drug-likeness (QED) is 0.542. The van der Waals surface area contributed by atoms with E-state index in [1.54, 1.807) is 12.1 Å². The first-order chi connectivity index (χ1) is 14.5. The molecule has 0 amide bonds. The van der Waals surface area contributed by atoms with Gasteiger partial charge in [-0.2, -0.15) is 0 Å². The Morgan fingerprint density at radius 1 is 0.700 bits per heavy atom. The Hall–Kier alpha value is -3.86. The highest BCUT2D eigenvalue weighted by Crippen LogP contribution is 2.27. The molecule has 0 aromatic heterocycles. The number of nitrogens with one attached hydrogen (secondary N) is 1. The van der Waals surface area contributed by atoms with Crippen LogP contribution in [0.5, 0.6) is 11.5 Å². The lowest BCUT2D eigenvalue weighted by atomic mass is 10.0. The molecule has 3 aromatic rings. The molecule has 0 saturated heterocycles. The lowest BCUT2D eigenvalue weighted by Crippen LogP contribution is -2.11. The summed E-state index contributed by atoms with van der Waals surface area (Å²) in [5.74, 6) is 0.0547. The van der Waals surface area contributed by atoms with E-state index in [1.165, 1.54) is 0 Å². The zero-order valence-corrected chi connectivity index (χ0v) is 16.6. The number of carbonyl (C=O) groups is 2. The Labute approximate surface area is 173 Å². The lowest BCUT2D eigenvalue weighted by Gasteiger charge is -2.10. The van der Waals surface area contributed by atoms with Crippen LogP contribution in [-0.4, -0.2) is 18.0 Å². The van der Waals surface area contributed by atoms with E-state index >= 15 is 0 Å². The predicted octanol–water partition coefficient (Wildman–Crippen LogP) is 2.74. The fourth-order valence-corrected chi connectivity index (χ4v) is 3.86. The molecule has 0 aliphatic carbocycles. The van der Waals surface area contributed by atoms with E-state index in [9.17, 15) is 9.59 Å². The number of hydrogen-bond acceptors (Lipinski definition) is 5. The smallest absolute Gasteiger partial charge is 0.344 e. The van der Waals surface area contributed by atoms with Crippen LogP contribution in [0.15, 0.2) is 66.7 Å². The second kappa shape index (κ2) is 6.88. The van der Waals surface area contributed by atoms with Crippen LogP contribution in [0, 0.1) is 0 Å². The van der Waals surface area contributed by atoms with Gasteiger partial charge in [0.2, 0.25) is 0 Å². The summed E-state index contributed by atoms with van der Waals surface area (Å²) >= 11 is 0. The molecule has 5 heteroatoms. The van der Waals surface area contributed by atoms with Gasteiger partial charge in [-0.05, 0) is 49.2 Å². The van der Waals surface area contributed by atoms with Crippen molar-refractivity contribution in [2.24, 2.45) is 0 Å². The van der Waals surface area contributed by atoms with Crippen LogP contribution in [0.3, 0.4) is 0 Å². The molecule has 30 heavy (non-hydrogen) atoms. The highest BCUT2D eigenvalue weighted by molar-refractivity contribution is 6.21. The van der Waals surface area contributed by atoms with Crippen molar-refractivity contribution in [3.8, 4) is 11.5 Å². The van der Waals surface area contributed by atoms with Gasteiger partial charge in [-0.3, -0.25) is 0 Å². The molecule has 0 radical (unpaired) electrons. The average molecular weight is 397 g/mol. The highest BCUT2D eigenvalue weighted by Gasteiger charge is 2.30. The monoisotopic (exact) mass is 397 g/mol. The van der Waals surface area contributed by atoms with Crippen molar-refractivity contribution < 1.29 is 19.1 Å². The van der Waals surface area contributed by atoms with Gasteiger partial charge in [0.1, 0.15) is 11.5 Å². The number of carbonyl (C=O) groups excluding carboxylic acids is 2. The third-order valence-corrected chi connectivity index (χ3v) is 5.13. The lowest BCUT2D eigenvalue weighted by molar-refractivity contribution is -0.128. The largest absolute Gasteiger partial charge is 0.422 e. The number of hydrogen-bond donors (Lipinski definition) is 1. The van der Waals surface area contributed by atoms with Crippen molar-refractivity contribution in [3.63, 3.8) is 0 Å². The van der Waals surface area contributed by atoms with Crippen LogP contribution >= 0.6 is 0 Å². The maximum atomic E-state index is 12.6. The van der Waals surface area contributed by atoms with Gasteiger partial charge >= 0.3 is 11.9 Å². The maximum absolute atomic E-state index is 12.6. The zero-order valence-electron chi connectivity index (χ0n) is 16.6. The van der Waals surface area contributed by atoms with Crippen LogP contribution in [0.25, 0.3) is 11.1 Å². The molecule has 0 fully saturated rings. The van der Waals surface area contributed by atoms with Gasteiger partial charge in [0.05, 0.1) is 11.1 Å². The minimum absolute atomic E-state index is 0.313. The van der Waals surface area contributed by atoms with Gasteiger partial charge in [-0.1, -0.05) is 42.5 Å². The first kappa shape index (κ1) is 18.2. The van der Waals surface area contributed by atoms with Crippen molar-refractivity contribution in [1.29, 1.82) is 0 Å². The van der Waals surface area contributed by atoms with E-state index in [1.807, 2.05) is 54.6 Å². The summed E-state index contributed by atoms with van der Waals surface area (Å²) < 4.78 is 11.1. The van der Waals surface area contributed by atoms with Crippen LogP contribution < -0.4 is 25.2 Å². The number of ether oxygens (including phenoxy) is 2. The van der Waals surface area contributed by atoms with E-state index in [-0.39, 0.29) is 0 Å². The summed E-state index contributed by atoms with van der Waals surface area (Å²) in [5.41, 5.74) is 3.44. The molecule has 5 nitrogen and oxygen atoms in total. The van der Waals surface area contributed by atoms with Crippen LogP contribution in [0.4, 0.5) is 5.69 Å². The van der Waals surface area contributed by atoms with Crippen LogP contribution in [0.2, 0.25) is 0 Å². The highest BCUT2D eigenvalue weighted by atomic mass is 16.5. The minimum Gasteiger partial charge on any atom is -0.422 e. The maximum Gasteiger partial charge on any atom is 0.344 e. The van der Waals surface area contributed by atoms with Gasteiger partial charge < -0.3 is 14.8 Å². The molecule has 2 aliphatic heterocycles. The van der Waals surface area contributed by atoms with E-state index < -0.39 is 11.9 Å². The zero-order chi connectivity index (χ0) is 20.8. The molecule has 1 N–H and O–H groups in total. The van der Waals surface area contributed by atoms with Crippen LogP contribution in [0.1, 0.15) is 25.0 Å².